The summed E-state index contributed by atoms with van der Waals surface area (Å²) in [5.41, 5.74) is 0.682. The lowest BCUT2D eigenvalue weighted by Crippen LogP contribution is -2.08. The summed E-state index contributed by atoms with van der Waals surface area (Å²) in [6.07, 6.45) is 10.0. The standard InChI is InChI=1S/C16H22N2O3S/c1-11(19)17-16-18-14(10-22-16)13(15(20)21)9-12-7-5-3-2-4-6-8-12/h9-10,12H,2-8H2,1H3,(H,20,21)(H,17,18,19)/b13-9-. The number of carbonyl (C=O) groups excluding carboxylic acids is 1. The highest BCUT2D eigenvalue weighted by atomic mass is 32.1. The van der Waals surface area contributed by atoms with Crippen LogP contribution in [0.4, 0.5) is 5.13 Å². The minimum absolute atomic E-state index is 0.207. The minimum atomic E-state index is -0.957. The van der Waals surface area contributed by atoms with Gasteiger partial charge in [-0.1, -0.05) is 38.2 Å². The quantitative estimate of drug-likeness (QED) is 0.823. The smallest absolute Gasteiger partial charge is 0.337 e. The first-order valence-corrected chi connectivity index (χ1v) is 8.63. The molecule has 22 heavy (non-hydrogen) atoms. The van der Waals surface area contributed by atoms with Crippen molar-refractivity contribution in [3.8, 4) is 0 Å². The average Bonchev–Trinajstić information content (AvgIpc) is 2.84. The van der Waals surface area contributed by atoms with Crippen LogP contribution in [0.15, 0.2) is 11.5 Å². The third-order valence-corrected chi connectivity index (χ3v) is 4.60. The van der Waals surface area contributed by atoms with Gasteiger partial charge < -0.3 is 10.4 Å². The zero-order valence-electron chi connectivity index (χ0n) is 12.8. The van der Waals surface area contributed by atoms with E-state index in [1.165, 1.54) is 37.5 Å². The molecule has 0 unspecified atom stereocenters. The second kappa shape index (κ2) is 8.08. The maximum absolute atomic E-state index is 11.6. The number of allylic oxidation sites excluding steroid dienone is 1. The number of nitrogens with zero attached hydrogens (tertiary/aromatic N) is 1. The summed E-state index contributed by atoms with van der Waals surface area (Å²) in [4.78, 5) is 26.8. The fourth-order valence-corrected chi connectivity index (χ4v) is 3.52. The maximum Gasteiger partial charge on any atom is 0.337 e. The zero-order valence-corrected chi connectivity index (χ0v) is 13.6. The average molecular weight is 322 g/mol. The Hall–Kier alpha value is -1.69. The lowest BCUT2D eigenvalue weighted by molar-refractivity contribution is -0.130. The van der Waals surface area contributed by atoms with Crippen molar-refractivity contribution < 1.29 is 14.7 Å². The van der Waals surface area contributed by atoms with Crippen LogP contribution in [-0.2, 0) is 9.59 Å². The Morgan fingerprint density at radius 3 is 2.50 bits per heavy atom. The molecule has 1 amide bonds. The number of thiazole rings is 1. The third kappa shape index (κ3) is 4.94. The van der Waals surface area contributed by atoms with Gasteiger partial charge in [0.2, 0.25) is 5.91 Å². The topological polar surface area (TPSA) is 79.3 Å². The van der Waals surface area contributed by atoms with E-state index >= 15 is 0 Å². The molecule has 0 spiro atoms. The molecule has 6 heteroatoms. The highest BCUT2D eigenvalue weighted by molar-refractivity contribution is 7.14. The molecule has 1 aliphatic carbocycles. The Morgan fingerprint density at radius 2 is 1.91 bits per heavy atom. The Morgan fingerprint density at radius 1 is 1.27 bits per heavy atom. The van der Waals surface area contributed by atoms with E-state index < -0.39 is 5.97 Å². The van der Waals surface area contributed by atoms with Gasteiger partial charge in [0.15, 0.2) is 5.13 Å². The largest absolute Gasteiger partial charge is 0.478 e. The SMILES string of the molecule is CC(=O)Nc1nc(/C(=C/C2CCCCCCC2)C(=O)O)cs1. The zero-order chi connectivity index (χ0) is 15.9. The lowest BCUT2D eigenvalue weighted by atomic mass is 9.89. The van der Waals surface area contributed by atoms with Crippen LogP contribution in [0.1, 0.15) is 57.6 Å². The van der Waals surface area contributed by atoms with Crippen molar-refractivity contribution in [3.63, 3.8) is 0 Å². The van der Waals surface area contributed by atoms with Crippen LogP contribution in [0.2, 0.25) is 0 Å². The van der Waals surface area contributed by atoms with Crippen molar-refractivity contribution in [2.45, 2.75) is 51.9 Å². The Labute approximate surface area is 134 Å². The summed E-state index contributed by atoms with van der Waals surface area (Å²) in [6, 6.07) is 0. The molecular formula is C16H22N2O3S. The molecule has 2 N–H and O–H groups in total. The van der Waals surface area contributed by atoms with Gasteiger partial charge in [0.25, 0.3) is 0 Å². The van der Waals surface area contributed by atoms with Crippen LogP contribution in [0.25, 0.3) is 5.57 Å². The molecular weight excluding hydrogens is 300 g/mol. The van der Waals surface area contributed by atoms with Crippen LogP contribution < -0.4 is 5.32 Å². The molecule has 0 atom stereocenters. The maximum atomic E-state index is 11.6. The first kappa shape index (κ1) is 16.7. The van der Waals surface area contributed by atoms with Gasteiger partial charge in [-0.2, -0.15) is 0 Å². The van der Waals surface area contributed by atoms with Crippen LogP contribution in [0, 0.1) is 5.92 Å². The number of hydrogen-bond acceptors (Lipinski definition) is 4. The third-order valence-electron chi connectivity index (χ3n) is 3.85. The number of anilines is 1. The van der Waals surface area contributed by atoms with Gasteiger partial charge in [-0.25, -0.2) is 9.78 Å². The number of aromatic nitrogens is 1. The minimum Gasteiger partial charge on any atom is -0.478 e. The number of nitrogens with one attached hydrogen (secondary N) is 1. The second-order valence-corrected chi connectivity index (χ2v) is 6.57. The van der Waals surface area contributed by atoms with E-state index in [-0.39, 0.29) is 11.5 Å². The van der Waals surface area contributed by atoms with Crippen molar-refractivity contribution in [2.24, 2.45) is 5.92 Å². The van der Waals surface area contributed by atoms with Crippen LogP contribution in [0.3, 0.4) is 0 Å². The van der Waals surface area contributed by atoms with Gasteiger partial charge in [0, 0.05) is 12.3 Å². The summed E-state index contributed by atoms with van der Waals surface area (Å²) in [5, 5.41) is 14.2. The summed E-state index contributed by atoms with van der Waals surface area (Å²) >= 11 is 1.25. The van der Waals surface area contributed by atoms with Crippen molar-refractivity contribution >= 4 is 33.9 Å². The Balaban J connectivity index is 2.17. The van der Waals surface area contributed by atoms with Gasteiger partial charge in [0.1, 0.15) is 0 Å². The number of carboxylic acids is 1. The summed E-state index contributed by atoms with van der Waals surface area (Å²) in [5.74, 6) is -0.860. The molecule has 1 fully saturated rings. The molecule has 1 aliphatic rings. The van der Waals surface area contributed by atoms with E-state index in [1.54, 1.807) is 5.38 Å². The van der Waals surface area contributed by atoms with Crippen LogP contribution in [-0.4, -0.2) is 22.0 Å². The first-order chi connectivity index (χ1) is 10.6. The molecule has 0 bridgehead atoms. The second-order valence-electron chi connectivity index (χ2n) is 5.71. The van der Waals surface area contributed by atoms with Gasteiger partial charge in [-0.05, 0) is 18.8 Å². The van der Waals surface area contributed by atoms with Gasteiger partial charge in [0.05, 0.1) is 11.3 Å². The monoisotopic (exact) mass is 322 g/mol. The molecule has 0 aliphatic heterocycles. The molecule has 0 aromatic carbocycles. The van der Waals surface area contributed by atoms with E-state index in [0.29, 0.717) is 16.7 Å². The van der Waals surface area contributed by atoms with E-state index in [1.807, 2.05) is 6.08 Å². The van der Waals surface area contributed by atoms with Gasteiger partial charge in [-0.3, -0.25) is 4.79 Å². The summed E-state index contributed by atoms with van der Waals surface area (Å²) in [6.45, 7) is 1.41. The number of rotatable bonds is 4. The van der Waals surface area contributed by atoms with Gasteiger partial charge >= 0.3 is 5.97 Å². The molecule has 1 heterocycles. The van der Waals surface area contributed by atoms with Crippen molar-refractivity contribution in [2.75, 3.05) is 5.32 Å². The number of carbonyl (C=O) groups is 2. The van der Waals surface area contributed by atoms with Crippen molar-refractivity contribution in [1.29, 1.82) is 0 Å². The van der Waals surface area contributed by atoms with Crippen LogP contribution in [0.5, 0.6) is 0 Å². The van der Waals surface area contributed by atoms with Crippen molar-refractivity contribution in [3.05, 3.63) is 17.2 Å². The molecule has 0 saturated heterocycles. The fraction of sp³-hybridized carbons (Fsp3) is 0.562. The lowest BCUT2D eigenvalue weighted by Gasteiger charge is -2.16. The molecule has 1 saturated carbocycles. The van der Waals surface area contributed by atoms with Gasteiger partial charge in [-0.15, -0.1) is 11.3 Å². The Bertz CT molecular complexity index is 557. The first-order valence-electron chi connectivity index (χ1n) is 7.75. The highest BCUT2D eigenvalue weighted by Crippen LogP contribution is 2.28. The molecule has 1 aromatic heterocycles. The molecule has 120 valence electrons. The molecule has 2 rings (SSSR count). The Kier molecular flexibility index (Phi) is 6.12. The predicted molar refractivity (Wildman–Crippen MR) is 87.8 cm³/mol. The highest BCUT2D eigenvalue weighted by Gasteiger charge is 2.18. The molecule has 0 radical (unpaired) electrons. The van der Waals surface area contributed by atoms with E-state index in [0.717, 1.165) is 25.7 Å². The normalized spacial score (nSPS) is 17.6. The molecule has 1 aromatic rings. The number of hydrogen-bond donors (Lipinski definition) is 2. The summed E-state index contributed by atoms with van der Waals surface area (Å²) < 4.78 is 0. The number of amides is 1. The van der Waals surface area contributed by atoms with Crippen LogP contribution >= 0.6 is 11.3 Å². The number of aliphatic carboxylic acids is 1. The number of carboxylic acid groups (broad SMARTS) is 1. The van der Waals surface area contributed by atoms with E-state index in [2.05, 4.69) is 10.3 Å². The predicted octanol–water partition coefficient (Wildman–Crippen LogP) is 3.93. The van der Waals surface area contributed by atoms with E-state index in [4.69, 9.17) is 0 Å². The van der Waals surface area contributed by atoms with Crippen molar-refractivity contribution in [1.82, 2.24) is 4.98 Å². The summed E-state index contributed by atoms with van der Waals surface area (Å²) in [7, 11) is 0. The fourth-order valence-electron chi connectivity index (χ4n) is 2.76. The van der Waals surface area contributed by atoms with E-state index in [9.17, 15) is 14.7 Å². The molecule has 5 nitrogen and oxygen atoms in total.